The zero-order valence-corrected chi connectivity index (χ0v) is 15.2. The maximum Gasteiger partial charge on any atom is 0.317 e. The number of rotatable bonds is 7. The summed E-state index contributed by atoms with van der Waals surface area (Å²) >= 11 is 0. The summed E-state index contributed by atoms with van der Waals surface area (Å²) in [6, 6.07) is -0.00344. The van der Waals surface area contributed by atoms with Gasteiger partial charge >= 0.3 is 6.03 Å². The maximum absolute atomic E-state index is 12.3. The molecule has 0 radical (unpaired) electrons. The molecule has 0 aromatic carbocycles. The SMILES string of the molecule is CC(C)CCCCNC(=O)N1CCCC(C(O)c2nccn2C)C1. The second kappa shape index (κ2) is 9.06. The van der Waals surface area contributed by atoms with Gasteiger partial charge in [-0.05, 0) is 25.2 Å². The number of hydrogen-bond donors (Lipinski definition) is 2. The number of urea groups is 1. The van der Waals surface area contributed by atoms with E-state index in [1.165, 1.54) is 6.42 Å². The summed E-state index contributed by atoms with van der Waals surface area (Å²) in [6.07, 6.45) is 8.14. The van der Waals surface area contributed by atoms with Gasteiger partial charge in [-0.1, -0.05) is 26.7 Å². The van der Waals surface area contributed by atoms with E-state index < -0.39 is 6.10 Å². The third-order valence-electron chi connectivity index (χ3n) is 4.80. The summed E-state index contributed by atoms with van der Waals surface area (Å²) < 4.78 is 1.85. The first-order chi connectivity index (χ1) is 11.5. The Kier molecular flexibility index (Phi) is 7.09. The second-order valence-electron chi connectivity index (χ2n) is 7.31. The number of aliphatic hydroxyl groups is 1. The van der Waals surface area contributed by atoms with Crippen LogP contribution >= 0.6 is 0 Å². The zero-order valence-electron chi connectivity index (χ0n) is 15.2. The van der Waals surface area contributed by atoms with Crippen LogP contribution in [-0.2, 0) is 7.05 Å². The summed E-state index contributed by atoms with van der Waals surface area (Å²) in [7, 11) is 1.88. The first kappa shape index (κ1) is 18.8. The van der Waals surface area contributed by atoms with Crippen molar-refractivity contribution in [1.82, 2.24) is 19.8 Å². The Morgan fingerprint density at radius 2 is 2.25 bits per heavy atom. The highest BCUT2D eigenvalue weighted by Gasteiger charge is 2.30. The minimum atomic E-state index is -0.619. The molecule has 2 N–H and O–H groups in total. The van der Waals surface area contributed by atoms with Crippen LogP contribution in [0.2, 0.25) is 0 Å². The summed E-state index contributed by atoms with van der Waals surface area (Å²) in [5.41, 5.74) is 0. The average Bonchev–Trinajstić information content (AvgIpc) is 2.99. The van der Waals surface area contributed by atoms with E-state index in [1.807, 2.05) is 22.7 Å². The van der Waals surface area contributed by atoms with Gasteiger partial charge in [0.25, 0.3) is 0 Å². The fourth-order valence-corrected chi connectivity index (χ4v) is 3.31. The van der Waals surface area contributed by atoms with Gasteiger partial charge in [0.05, 0.1) is 0 Å². The predicted molar refractivity (Wildman–Crippen MR) is 94.6 cm³/mol. The number of nitrogens with zero attached hydrogens (tertiary/aromatic N) is 3. The van der Waals surface area contributed by atoms with E-state index in [4.69, 9.17) is 0 Å². The summed E-state index contributed by atoms with van der Waals surface area (Å²) in [6.45, 7) is 6.53. The number of carbonyl (C=O) groups excluding carboxylic acids is 1. The van der Waals surface area contributed by atoms with Gasteiger partial charge in [0, 0.05) is 45.0 Å². The molecular weight excluding hydrogens is 304 g/mol. The van der Waals surface area contributed by atoms with Gasteiger partial charge in [0.1, 0.15) is 11.9 Å². The van der Waals surface area contributed by atoms with Crippen LogP contribution in [0.15, 0.2) is 12.4 Å². The number of likely N-dealkylation sites (tertiary alicyclic amines) is 1. The minimum Gasteiger partial charge on any atom is -0.385 e. The molecule has 2 atom stereocenters. The van der Waals surface area contributed by atoms with Crippen molar-refractivity contribution in [1.29, 1.82) is 0 Å². The molecule has 0 spiro atoms. The topological polar surface area (TPSA) is 70.4 Å². The summed E-state index contributed by atoms with van der Waals surface area (Å²) in [4.78, 5) is 18.4. The molecule has 136 valence electrons. The van der Waals surface area contributed by atoms with Crippen molar-refractivity contribution in [3.63, 3.8) is 0 Å². The van der Waals surface area contributed by atoms with Crippen molar-refractivity contribution in [2.45, 2.75) is 52.1 Å². The van der Waals surface area contributed by atoms with E-state index in [2.05, 4.69) is 24.1 Å². The molecule has 0 saturated carbocycles. The van der Waals surface area contributed by atoms with Gasteiger partial charge in [-0.15, -0.1) is 0 Å². The number of aromatic nitrogens is 2. The number of aliphatic hydroxyl groups excluding tert-OH is 1. The van der Waals surface area contributed by atoms with Gasteiger partial charge in [-0.25, -0.2) is 9.78 Å². The predicted octanol–water partition coefficient (Wildman–Crippen LogP) is 2.70. The lowest BCUT2D eigenvalue weighted by atomic mass is 9.92. The minimum absolute atomic E-state index is 0.00344. The van der Waals surface area contributed by atoms with Gasteiger partial charge in [-0.2, -0.15) is 0 Å². The quantitative estimate of drug-likeness (QED) is 0.752. The molecule has 1 saturated heterocycles. The molecule has 1 aromatic heterocycles. The van der Waals surface area contributed by atoms with E-state index in [0.29, 0.717) is 12.4 Å². The molecular formula is C18H32N4O2. The van der Waals surface area contributed by atoms with Crippen LogP contribution in [0.5, 0.6) is 0 Å². The Morgan fingerprint density at radius 1 is 1.46 bits per heavy atom. The van der Waals surface area contributed by atoms with Gasteiger partial charge < -0.3 is 19.9 Å². The van der Waals surface area contributed by atoms with Crippen LogP contribution in [0.3, 0.4) is 0 Å². The van der Waals surface area contributed by atoms with Crippen LogP contribution in [0.4, 0.5) is 4.79 Å². The average molecular weight is 336 g/mol. The second-order valence-corrected chi connectivity index (χ2v) is 7.31. The van der Waals surface area contributed by atoms with Crippen LogP contribution in [0, 0.1) is 11.8 Å². The lowest BCUT2D eigenvalue weighted by Crippen LogP contribution is -2.47. The summed E-state index contributed by atoms with van der Waals surface area (Å²) in [5.74, 6) is 1.44. The van der Waals surface area contributed by atoms with Crippen molar-refractivity contribution in [3.05, 3.63) is 18.2 Å². The van der Waals surface area contributed by atoms with Crippen LogP contribution in [-0.4, -0.2) is 45.2 Å². The molecule has 2 rings (SSSR count). The van der Waals surface area contributed by atoms with E-state index in [9.17, 15) is 9.90 Å². The fourth-order valence-electron chi connectivity index (χ4n) is 3.31. The Hall–Kier alpha value is -1.56. The molecule has 2 unspecified atom stereocenters. The number of carbonyl (C=O) groups is 1. The van der Waals surface area contributed by atoms with Crippen molar-refractivity contribution in [3.8, 4) is 0 Å². The van der Waals surface area contributed by atoms with E-state index in [1.54, 1.807) is 6.20 Å². The smallest absolute Gasteiger partial charge is 0.317 e. The molecule has 6 nitrogen and oxygen atoms in total. The number of amides is 2. The number of hydrogen-bond acceptors (Lipinski definition) is 3. The van der Waals surface area contributed by atoms with Crippen LogP contribution in [0.25, 0.3) is 0 Å². The van der Waals surface area contributed by atoms with Gasteiger partial charge in [0.2, 0.25) is 0 Å². The van der Waals surface area contributed by atoms with Crippen LogP contribution < -0.4 is 5.32 Å². The number of piperidine rings is 1. The highest BCUT2D eigenvalue weighted by molar-refractivity contribution is 5.74. The van der Waals surface area contributed by atoms with Gasteiger partial charge in [-0.3, -0.25) is 0 Å². The van der Waals surface area contributed by atoms with Crippen molar-refractivity contribution in [2.75, 3.05) is 19.6 Å². The Morgan fingerprint density at radius 3 is 2.92 bits per heavy atom. The van der Waals surface area contributed by atoms with Crippen molar-refractivity contribution in [2.24, 2.45) is 18.9 Å². The number of nitrogens with one attached hydrogen (secondary N) is 1. The molecule has 1 fully saturated rings. The number of imidazole rings is 1. The molecule has 0 bridgehead atoms. The molecule has 1 aliphatic heterocycles. The molecule has 0 aliphatic carbocycles. The first-order valence-electron chi connectivity index (χ1n) is 9.17. The number of unbranched alkanes of at least 4 members (excludes halogenated alkanes) is 1. The standard InChI is InChI=1S/C18H32N4O2/c1-14(2)7-4-5-9-20-18(24)22-11-6-8-15(13-22)16(23)17-19-10-12-21(17)3/h10,12,14-16,23H,4-9,11,13H2,1-3H3,(H,20,24). The molecule has 1 aliphatic rings. The lowest BCUT2D eigenvalue weighted by molar-refractivity contribution is 0.0532. The number of aryl methyl sites for hydroxylation is 1. The van der Waals surface area contributed by atoms with Crippen LogP contribution in [0.1, 0.15) is 57.9 Å². The summed E-state index contributed by atoms with van der Waals surface area (Å²) in [5, 5.41) is 13.6. The lowest BCUT2D eigenvalue weighted by Gasteiger charge is -2.34. The van der Waals surface area contributed by atoms with Gasteiger partial charge in [0.15, 0.2) is 0 Å². The fraction of sp³-hybridized carbons (Fsp3) is 0.778. The first-order valence-corrected chi connectivity index (χ1v) is 9.17. The van der Waals surface area contributed by atoms with Crippen molar-refractivity contribution >= 4 is 6.03 Å². The third-order valence-corrected chi connectivity index (χ3v) is 4.80. The zero-order chi connectivity index (χ0) is 17.5. The van der Waals surface area contributed by atoms with E-state index in [0.717, 1.165) is 44.7 Å². The van der Waals surface area contributed by atoms with E-state index >= 15 is 0 Å². The molecule has 1 aromatic rings. The van der Waals surface area contributed by atoms with E-state index in [-0.39, 0.29) is 11.9 Å². The normalized spacial score (nSPS) is 19.5. The molecule has 24 heavy (non-hydrogen) atoms. The Balaban J connectivity index is 1.77. The molecule has 6 heteroatoms. The Labute approximate surface area is 145 Å². The highest BCUT2D eigenvalue weighted by Crippen LogP contribution is 2.28. The largest absolute Gasteiger partial charge is 0.385 e. The highest BCUT2D eigenvalue weighted by atomic mass is 16.3. The van der Waals surface area contributed by atoms with Crippen molar-refractivity contribution < 1.29 is 9.90 Å². The molecule has 2 heterocycles. The third kappa shape index (κ3) is 5.23. The maximum atomic E-state index is 12.3. The monoisotopic (exact) mass is 336 g/mol. The molecule has 2 amide bonds. The Bertz CT molecular complexity index is 515.